The molecular formula is C9H13N3OS. The summed E-state index contributed by atoms with van der Waals surface area (Å²) in [5.41, 5.74) is 2.92. The van der Waals surface area contributed by atoms with Gasteiger partial charge in [0.25, 0.3) is 5.91 Å². The highest BCUT2D eigenvalue weighted by atomic mass is 32.2. The van der Waals surface area contributed by atoms with Crippen LogP contribution in [0, 0.1) is 0 Å². The van der Waals surface area contributed by atoms with Gasteiger partial charge in [-0.1, -0.05) is 0 Å². The predicted octanol–water partition coefficient (Wildman–Crippen LogP) is 0.569. The van der Waals surface area contributed by atoms with Crippen LogP contribution >= 0.6 is 11.8 Å². The molecule has 5 heteroatoms. The van der Waals surface area contributed by atoms with E-state index in [2.05, 4.69) is 10.4 Å². The fourth-order valence-corrected chi connectivity index (χ4v) is 2.70. The van der Waals surface area contributed by atoms with Crippen LogP contribution in [0.1, 0.15) is 21.7 Å². The molecule has 1 aliphatic heterocycles. The first kappa shape index (κ1) is 9.58. The molecule has 1 amide bonds. The number of nitrogens with zero attached hydrogens (tertiary/aromatic N) is 2. The molecule has 0 spiro atoms. The number of rotatable bonds is 1. The van der Waals surface area contributed by atoms with Gasteiger partial charge in [0.15, 0.2) is 5.69 Å². The number of carbonyl (C=O) groups excluding carboxylic acids is 1. The summed E-state index contributed by atoms with van der Waals surface area (Å²) >= 11 is 1.86. The number of carbonyl (C=O) groups is 1. The van der Waals surface area contributed by atoms with Crippen LogP contribution in [0.15, 0.2) is 0 Å². The monoisotopic (exact) mass is 211 g/mol. The molecule has 1 aromatic heterocycles. The van der Waals surface area contributed by atoms with Gasteiger partial charge in [-0.25, -0.2) is 0 Å². The van der Waals surface area contributed by atoms with Crippen LogP contribution < -0.4 is 5.32 Å². The molecule has 0 bridgehead atoms. The first-order chi connectivity index (χ1) is 6.74. The number of aromatic nitrogens is 2. The maximum atomic E-state index is 11.5. The van der Waals surface area contributed by atoms with Gasteiger partial charge in [-0.2, -0.15) is 16.9 Å². The predicted molar refractivity (Wildman–Crippen MR) is 56.5 cm³/mol. The minimum absolute atomic E-state index is 0.0793. The van der Waals surface area contributed by atoms with E-state index >= 15 is 0 Å². The van der Waals surface area contributed by atoms with Gasteiger partial charge < -0.3 is 5.32 Å². The van der Waals surface area contributed by atoms with Gasteiger partial charge in [0.05, 0.1) is 0 Å². The summed E-state index contributed by atoms with van der Waals surface area (Å²) in [6.07, 6.45) is 1.01. The van der Waals surface area contributed by atoms with Crippen molar-refractivity contribution >= 4 is 17.7 Å². The minimum atomic E-state index is -0.0793. The Kier molecular flexibility index (Phi) is 2.50. The Morgan fingerprint density at radius 1 is 1.64 bits per heavy atom. The van der Waals surface area contributed by atoms with E-state index in [4.69, 9.17) is 0 Å². The van der Waals surface area contributed by atoms with Crippen LogP contribution in [0.4, 0.5) is 0 Å². The number of aryl methyl sites for hydroxylation is 1. The van der Waals surface area contributed by atoms with Gasteiger partial charge in [0.2, 0.25) is 0 Å². The van der Waals surface area contributed by atoms with Crippen molar-refractivity contribution in [2.45, 2.75) is 12.2 Å². The average Bonchev–Trinajstić information content (AvgIpc) is 2.56. The number of hydrogen-bond donors (Lipinski definition) is 1. The van der Waals surface area contributed by atoms with Gasteiger partial charge in [-0.05, 0) is 12.2 Å². The van der Waals surface area contributed by atoms with Crippen LogP contribution in [-0.2, 0) is 19.2 Å². The molecule has 0 unspecified atom stereocenters. The second-order valence-corrected chi connectivity index (χ2v) is 4.38. The van der Waals surface area contributed by atoms with E-state index < -0.39 is 0 Å². The highest BCUT2D eigenvalue weighted by molar-refractivity contribution is 7.98. The van der Waals surface area contributed by atoms with E-state index in [1.807, 2.05) is 23.5 Å². The van der Waals surface area contributed by atoms with E-state index in [0.717, 1.165) is 23.5 Å². The molecule has 0 atom stereocenters. The molecule has 2 heterocycles. The minimum Gasteiger partial charge on any atom is -0.354 e. The van der Waals surface area contributed by atoms with Gasteiger partial charge in [-0.3, -0.25) is 9.48 Å². The maximum Gasteiger partial charge on any atom is 0.271 e. The van der Waals surface area contributed by atoms with Crippen LogP contribution in [0.5, 0.6) is 0 Å². The largest absolute Gasteiger partial charge is 0.354 e. The van der Waals surface area contributed by atoms with E-state index in [1.54, 1.807) is 7.05 Å². The highest BCUT2D eigenvalue weighted by Gasteiger charge is 2.22. The summed E-state index contributed by atoms with van der Waals surface area (Å²) in [4.78, 5) is 11.5. The van der Waals surface area contributed by atoms with Crippen molar-refractivity contribution in [3.8, 4) is 0 Å². The molecule has 1 aromatic rings. The number of fused-ring (bicyclic) bond motifs is 1. The normalized spacial score (nSPS) is 15.0. The molecule has 0 fully saturated rings. The Balaban J connectivity index is 2.46. The summed E-state index contributed by atoms with van der Waals surface area (Å²) in [6, 6.07) is 0. The lowest BCUT2D eigenvalue weighted by Gasteiger charge is -2.11. The van der Waals surface area contributed by atoms with Crippen molar-refractivity contribution in [2.75, 3.05) is 12.8 Å². The Hall–Kier alpha value is -0.970. The maximum absolute atomic E-state index is 11.5. The van der Waals surface area contributed by atoms with Crippen molar-refractivity contribution < 1.29 is 4.79 Å². The first-order valence-electron chi connectivity index (χ1n) is 4.58. The number of amides is 1. The van der Waals surface area contributed by atoms with Crippen LogP contribution in [0.3, 0.4) is 0 Å². The van der Waals surface area contributed by atoms with Crippen molar-refractivity contribution in [1.29, 1.82) is 0 Å². The number of hydrogen-bond acceptors (Lipinski definition) is 3. The zero-order chi connectivity index (χ0) is 10.1. The number of nitrogens with one attached hydrogen (secondary N) is 1. The molecule has 0 radical (unpaired) electrons. The molecule has 0 saturated carbocycles. The number of thioether (sulfide) groups is 1. The van der Waals surface area contributed by atoms with Gasteiger partial charge in [0.1, 0.15) is 0 Å². The van der Waals surface area contributed by atoms with E-state index in [9.17, 15) is 4.79 Å². The third-order valence-electron chi connectivity index (χ3n) is 2.45. The molecule has 1 aliphatic rings. The molecule has 1 N–H and O–H groups in total. The third-order valence-corrected chi connectivity index (χ3v) is 3.43. The van der Waals surface area contributed by atoms with Crippen molar-refractivity contribution in [2.24, 2.45) is 7.05 Å². The van der Waals surface area contributed by atoms with Crippen molar-refractivity contribution in [3.63, 3.8) is 0 Å². The van der Waals surface area contributed by atoms with E-state index in [-0.39, 0.29) is 5.91 Å². The Labute approximate surface area is 87.1 Å². The Bertz CT molecular complexity index is 372. The molecule has 14 heavy (non-hydrogen) atoms. The van der Waals surface area contributed by atoms with Crippen molar-refractivity contribution in [3.05, 3.63) is 17.0 Å². The molecule has 76 valence electrons. The molecule has 0 aromatic carbocycles. The summed E-state index contributed by atoms with van der Waals surface area (Å²) in [6.45, 7) is 0. The standard InChI is InChI=1S/C9H13N3OS/c1-10-9(13)8-6-5-14-4-3-7(6)12(2)11-8/h3-5H2,1-2H3,(H,10,13). The zero-order valence-electron chi connectivity index (χ0n) is 8.33. The fourth-order valence-electron chi connectivity index (χ4n) is 1.71. The third kappa shape index (κ3) is 1.41. The Morgan fingerprint density at radius 3 is 3.14 bits per heavy atom. The van der Waals surface area contributed by atoms with E-state index in [1.165, 1.54) is 5.69 Å². The molecule has 4 nitrogen and oxygen atoms in total. The van der Waals surface area contributed by atoms with Crippen LogP contribution in [0.25, 0.3) is 0 Å². The molecule has 0 aliphatic carbocycles. The van der Waals surface area contributed by atoms with Gasteiger partial charge >= 0.3 is 0 Å². The van der Waals surface area contributed by atoms with Crippen LogP contribution in [-0.4, -0.2) is 28.5 Å². The molecule has 2 rings (SSSR count). The summed E-state index contributed by atoms with van der Waals surface area (Å²) in [5, 5.41) is 6.87. The fraction of sp³-hybridized carbons (Fsp3) is 0.556. The molecule has 0 saturated heterocycles. The van der Waals surface area contributed by atoms with Gasteiger partial charge in [0, 0.05) is 31.1 Å². The second kappa shape index (κ2) is 3.65. The lowest BCUT2D eigenvalue weighted by Crippen LogP contribution is -2.20. The highest BCUT2D eigenvalue weighted by Crippen LogP contribution is 2.26. The van der Waals surface area contributed by atoms with E-state index in [0.29, 0.717) is 5.69 Å². The summed E-state index contributed by atoms with van der Waals surface area (Å²) in [7, 11) is 3.54. The summed E-state index contributed by atoms with van der Waals surface area (Å²) < 4.78 is 1.83. The quantitative estimate of drug-likeness (QED) is 0.738. The zero-order valence-corrected chi connectivity index (χ0v) is 9.15. The van der Waals surface area contributed by atoms with Crippen molar-refractivity contribution in [1.82, 2.24) is 15.1 Å². The van der Waals surface area contributed by atoms with Crippen LogP contribution in [0.2, 0.25) is 0 Å². The second-order valence-electron chi connectivity index (χ2n) is 3.28. The SMILES string of the molecule is CNC(=O)c1nn(C)c2c1CSCC2. The lowest BCUT2D eigenvalue weighted by molar-refractivity contribution is 0.0957. The summed E-state index contributed by atoms with van der Waals surface area (Å²) in [5.74, 6) is 1.95. The average molecular weight is 211 g/mol. The smallest absolute Gasteiger partial charge is 0.271 e. The topological polar surface area (TPSA) is 46.9 Å². The Morgan fingerprint density at radius 2 is 2.43 bits per heavy atom. The first-order valence-corrected chi connectivity index (χ1v) is 5.74. The lowest BCUT2D eigenvalue weighted by atomic mass is 10.1. The van der Waals surface area contributed by atoms with Gasteiger partial charge in [-0.15, -0.1) is 0 Å². The molecular weight excluding hydrogens is 198 g/mol.